The van der Waals surface area contributed by atoms with Crippen molar-refractivity contribution in [3.05, 3.63) is 70.8 Å². The van der Waals surface area contributed by atoms with Gasteiger partial charge in [-0.15, -0.1) is 0 Å². The lowest BCUT2D eigenvalue weighted by atomic mass is 10.2. The molecular weight excluding hydrogens is 361 g/mol. The van der Waals surface area contributed by atoms with E-state index in [1.54, 1.807) is 30.3 Å². The number of rotatable bonds is 5. The number of carbonyl (C=O) groups excluding carboxylic acids is 2. The number of aryl methyl sites for hydroxylation is 2. The molecule has 2 aromatic carbocycles. The number of aromatic nitrogens is 2. The Morgan fingerprint density at radius 3 is 2.36 bits per heavy atom. The number of hydrogen-bond acceptors (Lipinski definition) is 5. The Balaban J connectivity index is 1.62. The van der Waals surface area contributed by atoms with Gasteiger partial charge in [0.15, 0.2) is 6.10 Å². The predicted octanol–water partition coefficient (Wildman–Crippen LogP) is 3.25. The maximum absolute atomic E-state index is 12.9. The van der Waals surface area contributed by atoms with Crippen molar-refractivity contribution in [3.63, 3.8) is 0 Å². The summed E-state index contributed by atoms with van der Waals surface area (Å²) in [6.45, 7) is 5.42. The molecule has 28 heavy (non-hydrogen) atoms. The van der Waals surface area contributed by atoms with Gasteiger partial charge in [0.05, 0.1) is 28.0 Å². The average Bonchev–Trinajstić information content (AvgIpc) is 2.67. The van der Waals surface area contributed by atoms with Crippen LogP contribution >= 0.6 is 0 Å². The Morgan fingerprint density at radius 2 is 1.68 bits per heavy atom. The fraction of sp³-hybridized carbons (Fsp3) is 0.238. The number of nitrogens with zero attached hydrogens (tertiary/aromatic N) is 2. The van der Waals surface area contributed by atoms with Gasteiger partial charge in [0.25, 0.3) is 5.91 Å². The topological polar surface area (TPSA) is 81.2 Å². The summed E-state index contributed by atoms with van der Waals surface area (Å²) in [5, 5.41) is 2.66. The highest BCUT2D eigenvalue weighted by Crippen LogP contribution is 2.15. The molecule has 1 aromatic heterocycles. The van der Waals surface area contributed by atoms with Crippen molar-refractivity contribution in [2.24, 2.45) is 0 Å². The van der Waals surface area contributed by atoms with Crippen LogP contribution in [-0.2, 0) is 16.1 Å². The van der Waals surface area contributed by atoms with Gasteiger partial charge in [-0.05, 0) is 56.7 Å². The zero-order valence-corrected chi connectivity index (χ0v) is 15.8. The summed E-state index contributed by atoms with van der Waals surface area (Å²) in [6, 6.07) is 10.7. The monoisotopic (exact) mass is 381 g/mol. The third kappa shape index (κ3) is 4.49. The van der Waals surface area contributed by atoms with Gasteiger partial charge >= 0.3 is 5.97 Å². The Morgan fingerprint density at radius 1 is 1.04 bits per heavy atom. The number of amides is 1. The van der Waals surface area contributed by atoms with E-state index in [0.29, 0.717) is 16.6 Å². The van der Waals surface area contributed by atoms with Gasteiger partial charge in [-0.25, -0.2) is 19.2 Å². The Bertz CT molecular complexity index is 1030. The molecule has 1 N–H and O–H groups in total. The van der Waals surface area contributed by atoms with E-state index in [1.807, 2.05) is 13.8 Å². The van der Waals surface area contributed by atoms with Crippen molar-refractivity contribution in [2.45, 2.75) is 33.4 Å². The molecule has 144 valence electrons. The molecule has 1 atom stereocenters. The molecule has 0 aliphatic heterocycles. The number of nitrogens with one attached hydrogen (secondary N) is 1. The second kappa shape index (κ2) is 8.12. The average molecular weight is 381 g/mol. The van der Waals surface area contributed by atoms with Crippen LogP contribution in [0.5, 0.6) is 0 Å². The van der Waals surface area contributed by atoms with Crippen molar-refractivity contribution in [1.82, 2.24) is 15.3 Å². The molecule has 0 saturated carbocycles. The number of halogens is 1. The molecule has 7 heteroatoms. The van der Waals surface area contributed by atoms with E-state index in [0.717, 1.165) is 17.0 Å². The van der Waals surface area contributed by atoms with Crippen molar-refractivity contribution < 1.29 is 18.7 Å². The van der Waals surface area contributed by atoms with Gasteiger partial charge in [0, 0.05) is 6.54 Å². The molecule has 1 unspecified atom stereocenters. The molecule has 0 saturated heterocycles. The summed E-state index contributed by atoms with van der Waals surface area (Å²) >= 11 is 0. The van der Waals surface area contributed by atoms with Crippen molar-refractivity contribution in [2.75, 3.05) is 0 Å². The fourth-order valence-electron chi connectivity index (χ4n) is 2.57. The Kier molecular flexibility index (Phi) is 5.63. The predicted molar refractivity (Wildman–Crippen MR) is 102 cm³/mol. The normalized spacial score (nSPS) is 11.9. The minimum atomic E-state index is -0.977. The molecular formula is C21H20FN3O3. The first-order valence-corrected chi connectivity index (χ1v) is 8.81. The molecule has 0 aliphatic carbocycles. The number of fused-ring (bicyclic) bond motifs is 1. The van der Waals surface area contributed by atoms with E-state index in [-0.39, 0.29) is 12.4 Å². The molecule has 1 amide bonds. The Labute approximate surface area is 161 Å². The number of carbonyl (C=O) groups is 2. The van der Waals surface area contributed by atoms with E-state index >= 15 is 0 Å². The first-order valence-electron chi connectivity index (χ1n) is 8.81. The van der Waals surface area contributed by atoms with Crippen LogP contribution in [0, 0.1) is 19.7 Å². The number of esters is 1. The summed E-state index contributed by atoms with van der Waals surface area (Å²) in [5.74, 6) is -1.40. The SMILES string of the molecule is Cc1nc2ccc(C(=O)OC(C)C(=O)NCc3ccc(F)cc3)cc2nc1C. The first-order chi connectivity index (χ1) is 13.3. The lowest BCUT2D eigenvalue weighted by Gasteiger charge is -2.14. The van der Waals surface area contributed by atoms with Gasteiger partial charge < -0.3 is 10.1 Å². The van der Waals surface area contributed by atoms with Crippen molar-refractivity contribution >= 4 is 22.9 Å². The first kappa shape index (κ1) is 19.4. The standard InChI is InChI=1S/C21H20FN3O3/c1-12-13(2)25-19-10-16(6-9-18(19)24-12)21(27)28-14(3)20(26)23-11-15-4-7-17(22)8-5-15/h4-10,14H,11H2,1-3H3,(H,23,26). The molecule has 1 heterocycles. The van der Waals surface area contributed by atoms with Crippen LogP contribution in [0.1, 0.15) is 34.2 Å². The van der Waals surface area contributed by atoms with Gasteiger partial charge in [0.2, 0.25) is 0 Å². The molecule has 3 rings (SSSR count). The largest absolute Gasteiger partial charge is 0.449 e. The summed E-state index contributed by atoms with van der Waals surface area (Å²) in [6.07, 6.45) is -0.977. The van der Waals surface area contributed by atoms with Gasteiger partial charge in [-0.2, -0.15) is 0 Å². The zero-order valence-electron chi connectivity index (χ0n) is 15.8. The minimum Gasteiger partial charge on any atom is -0.449 e. The van der Waals surface area contributed by atoms with E-state index < -0.39 is 18.0 Å². The third-order valence-corrected chi connectivity index (χ3v) is 4.34. The highest BCUT2D eigenvalue weighted by atomic mass is 19.1. The fourth-order valence-corrected chi connectivity index (χ4v) is 2.57. The molecule has 0 radical (unpaired) electrons. The second-order valence-electron chi connectivity index (χ2n) is 6.49. The van der Waals surface area contributed by atoms with Crippen molar-refractivity contribution in [1.29, 1.82) is 0 Å². The molecule has 0 aliphatic rings. The lowest BCUT2D eigenvalue weighted by Crippen LogP contribution is -2.35. The quantitative estimate of drug-likeness (QED) is 0.686. The molecule has 3 aromatic rings. The summed E-state index contributed by atoms with van der Waals surface area (Å²) in [7, 11) is 0. The van der Waals surface area contributed by atoms with Crippen LogP contribution in [-0.4, -0.2) is 27.9 Å². The highest BCUT2D eigenvalue weighted by molar-refractivity contribution is 5.95. The molecule has 0 bridgehead atoms. The van der Waals surface area contributed by atoms with Crippen LogP contribution < -0.4 is 5.32 Å². The minimum absolute atomic E-state index is 0.213. The van der Waals surface area contributed by atoms with Gasteiger partial charge in [-0.1, -0.05) is 12.1 Å². The van der Waals surface area contributed by atoms with Crippen LogP contribution in [0.25, 0.3) is 11.0 Å². The third-order valence-electron chi connectivity index (χ3n) is 4.34. The van der Waals surface area contributed by atoms with E-state index in [2.05, 4.69) is 15.3 Å². The van der Waals surface area contributed by atoms with E-state index in [1.165, 1.54) is 19.1 Å². The van der Waals surface area contributed by atoms with E-state index in [4.69, 9.17) is 4.74 Å². The van der Waals surface area contributed by atoms with Gasteiger partial charge in [-0.3, -0.25) is 4.79 Å². The van der Waals surface area contributed by atoms with Crippen LogP contribution in [0.2, 0.25) is 0 Å². The molecule has 0 spiro atoms. The van der Waals surface area contributed by atoms with Crippen LogP contribution in [0.15, 0.2) is 42.5 Å². The van der Waals surface area contributed by atoms with Crippen LogP contribution in [0.3, 0.4) is 0 Å². The Hall–Kier alpha value is -3.35. The lowest BCUT2D eigenvalue weighted by molar-refractivity contribution is -0.129. The molecule has 6 nitrogen and oxygen atoms in total. The number of benzene rings is 2. The smallest absolute Gasteiger partial charge is 0.338 e. The maximum Gasteiger partial charge on any atom is 0.338 e. The highest BCUT2D eigenvalue weighted by Gasteiger charge is 2.19. The number of hydrogen-bond donors (Lipinski definition) is 1. The van der Waals surface area contributed by atoms with E-state index in [9.17, 15) is 14.0 Å². The summed E-state index contributed by atoms with van der Waals surface area (Å²) in [5.41, 5.74) is 3.92. The summed E-state index contributed by atoms with van der Waals surface area (Å²) in [4.78, 5) is 33.4. The maximum atomic E-state index is 12.9. The molecule has 0 fully saturated rings. The second-order valence-corrected chi connectivity index (χ2v) is 6.49. The van der Waals surface area contributed by atoms with Crippen LogP contribution in [0.4, 0.5) is 4.39 Å². The number of ether oxygens (including phenoxy) is 1. The van der Waals surface area contributed by atoms with Crippen molar-refractivity contribution in [3.8, 4) is 0 Å². The summed E-state index contributed by atoms with van der Waals surface area (Å²) < 4.78 is 18.2. The van der Waals surface area contributed by atoms with Gasteiger partial charge in [0.1, 0.15) is 5.82 Å². The zero-order chi connectivity index (χ0) is 20.3.